The van der Waals surface area contributed by atoms with E-state index in [9.17, 15) is 22.7 Å². The zero-order valence-electron chi connectivity index (χ0n) is 16.8. The maximum Gasteiger partial charge on any atom is 0.412 e. The largest absolute Gasteiger partial charge is 0.465 e. The van der Waals surface area contributed by atoms with Crippen LogP contribution in [-0.2, 0) is 10.0 Å². The fourth-order valence-electron chi connectivity index (χ4n) is 3.21. The molecule has 1 atom stereocenters. The summed E-state index contributed by atoms with van der Waals surface area (Å²) in [5.74, 6) is -0.927. The Bertz CT molecular complexity index is 1250. The summed E-state index contributed by atoms with van der Waals surface area (Å²) < 4.78 is 45.1. The monoisotopic (exact) mass is 467 g/mol. The minimum absolute atomic E-state index is 0.0149. The predicted octanol–water partition coefficient (Wildman–Crippen LogP) is 5.06. The Morgan fingerprint density at radius 3 is 2.55 bits per heavy atom. The first-order valence-electron chi connectivity index (χ1n) is 9.00. The van der Waals surface area contributed by atoms with E-state index < -0.39 is 28.0 Å². The number of hydrogen-bond donors (Lipinski definition) is 2. The molecule has 0 aliphatic heterocycles. The first kappa shape index (κ1) is 22.6. The number of carboxylic acid groups (broad SMARTS) is 1. The molecule has 164 valence electrons. The maximum atomic E-state index is 14.8. The van der Waals surface area contributed by atoms with Gasteiger partial charge in [0, 0.05) is 5.02 Å². The van der Waals surface area contributed by atoms with E-state index in [0.717, 1.165) is 17.2 Å². The summed E-state index contributed by atoms with van der Waals surface area (Å²) in [4.78, 5) is 13.2. The summed E-state index contributed by atoms with van der Waals surface area (Å²) in [5, 5.41) is 14.1. The molecule has 3 rings (SSSR count). The van der Waals surface area contributed by atoms with Crippen LogP contribution in [0.5, 0.6) is 0 Å². The first-order chi connectivity index (χ1) is 14.5. The Hall–Kier alpha value is -3.11. The highest BCUT2D eigenvalue weighted by atomic mass is 35.5. The maximum absolute atomic E-state index is 14.8. The number of aryl methyl sites for hydroxylation is 1. The fraction of sp³-hybridized carbons (Fsp3) is 0.200. The second-order valence-electron chi connectivity index (χ2n) is 6.86. The molecule has 31 heavy (non-hydrogen) atoms. The van der Waals surface area contributed by atoms with Crippen LogP contribution in [0.3, 0.4) is 0 Å². The van der Waals surface area contributed by atoms with E-state index in [1.165, 1.54) is 19.1 Å². The van der Waals surface area contributed by atoms with Crippen molar-refractivity contribution in [2.45, 2.75) is 19.9 Å². The number of anilines is 2. The van der Waals surface area contributed by atoms with Gasteiger partial charge in [-0.3, -0.25) is 9.62 Å². The number of rotatable bonds is 6. The van der Waals surface area contributed by atoms with E-state index in [1.807, 2.05) is 0 Å². The number of carbonyl (C=O) groups is 1. The molecule has 1 aromatic heterocycles. The number of amides is 1. The number of aromatic nitrogens is 1. The lowest BCUT2D eigenvalue weighted by molar-refractivity contribution is 0.199. The number of hydrogen-bond acceptors (Lipinski definition) is 5. The molecule has 0 fully saturated rings. The van der Waals surface area contributed by atoms with Crippen molar-refractivity contribution in [3.8, 4) is 11.3 Å². The average Bonchev–Trinajstić information content (AvgIpc) is 3.02. The van der Waals surface area contributed by atoms with Gasteiger partial charge in [0.2, 0.25) is 10.0 Å². The molecule has 0 saturated carbocycles. The topological polar surface area (TPSA) is 113 Å². The van der Waals surface area contributed by atoms with Crippen molar-refractivity contribution in [2.75, 3.05) is 15.9 Å². The van der Waals surface area contributed by atoms with Gasteiger partial charge >= 0.3 is 6.09 Å². The molecule has 1 heterocycles. The molecule has 8 nitrogen and oxygen atoms in total. The third kappa shape index (κ3) is 4.80. The Morgan fingerprint density at radius 2 is 1.97 bits per heavy atom. The number of nitrogens with zero attached hydrogens (tertiary/aromatic N) is 2. The molecular formula is C20H19ClFN3O5S. The van der Waals surface area contributed by atoms with Crippen LogP contribution in [0.4, 0.5) is 20.6 Å². The van der Waals surface area contributed by atoms with Crippen molar-refractivity contribution < 1.29 is 27.2 Å². The molecule has 2 aromatic carbocycles. The van der Waals surface area contributed by atoms with Gasteiger partial charge in [0.15, 0.2) is 5.76 Å². The van der Waals surface area contributed by atoms with E-state index in [4.69, 9.17) is 16.1 Å². The zero-order valence-corrected chi connectivity index (χ0v) is 18.3. The van der Waals surface area contributed by atoms with Crippen LogP contribution in [0, 0.1) is 12.7 Å². The van der Waals surface area contributed by atoms with Gasteiger partial charge in [-0.15, -0.1) is 0 Å². The summed E-state index contributed by atoms with van der Waals surface area (Å²) >= 11 is 6.25. The second-order valence-corrected chi connectivity index (χ2v) is 9.02. The standard InChI is InChI=1S/C20H19ClFN3O5S/c1-11-18(25(20(26)27)12(2)14-6-4-5-7-16(14)21)19(30-23-11)15-9-8-13(10-17(15)22)24-31(3,28)29/h4-10,12,24H,1-3H3,(H,26,27)/t12-/m1/s1. The SMILES string of the molecule is Cc1noc(-c2ccc(NS(C)(=O)=O)cc2F)c1N(C(=O)O)[C@H](C)c1ccccc1Cl. The van der Waals surface area contributed by atoms with Crippen molar-refractivity contribution in [1.82, 2.24) is 5.16 Å². The average molecular weight is 468 g/mol. The minimum atomic E-state index is -3.60. The number of sulfonamides is 1. The molecule has 0 unspecified atom stereocenters. The lowest BCUT2D eigenvalue weighted by atomic mass is 10.0. The zero-order chi connectivity index (χ0) is 22.9. The second kappa shape index (κ2) is 8.56. The number of benzene rings is 2. The van der Waals surface area contributed by atoms with Gasteiger partial charge in [-0.1, -0.05) is 35.0 Å². The quantitative estimate of drug-likeness (QED) is 0.524. The van der Waals surface area contributed by atoms with Crippen LogP contribution < -0.4 is 9.62 Å². The predicted molar refractivity (Wildman–Crippen MR) is 115 cm³/mol. The van der Waals surface area contributed by atoms with Crippen LogP contribution in [0.25, 0.3) is 11.3 Å². The van der Waals surface area contributed by atoms with Gasteiger partial charge in [0.25, 0.3) is 0 Å². The third-order valence-electron chi connectivity index (χ3n) is 4.54. The van der Waals surface area contributed by atoms with Gasteiger partial charge < -0.3 is 9.63 Å². The smallest absolute Gasteiger partial charge is 0.412 e. The van der Waals surface area contributed by atoms with Crippen LogP contribution >= 0.6 is 11.6 Å². The van der Waals surface area contributed by atoms with E-state index in [1.54, 1.807) is 31.2 Å². The van der Waals surface area contributed by atoms with Crippen LogP contribution in [0.1, 0.15) is 24.2 Å². The summed E-state index contributed by atoms with van der Waals surface area (Å²) in [6, 6.07) is 9.64. The van der Waals surface area contributed by atoms with E-state index in [-0.39, 0.29) is 28.4 Å². The van der Waals surface area contributed by atoms with Crippen molar-refractivity contribution in [3.05, 3.63) is 64.6 Å². The van der Waals surface area contributed by atoms with Gasteiger partial charge in [0.05, 0.1) is 23.5 Å². The summed E-state index contributed by atoms with van der Waals surface area (Å²) in [7, 11) is -3.60. The molecular weight excluding hydrogens is 449 g/mol. The van der Waals surface area contributed by atoms with E-state index in [2.05, 4.69) is 9.88 Å². The third-order valence-corrected chi connectivity index (χ3v) is 5.49. The Kier molecular flexibility index (Phi) is 6.23. The van der Waals surface area contributed by atoms with Gasteiger partial charge in [0.1, 0.15) is 17.2 Å². The summed E-state index contributed by atoms with van der Waals surface area (Å²) in [6.07, 6.45) is -0.367. The highest BCUT2D eigenvalue weighted by molar-refractivity contribution is 7.92. The van der Waals surface area contributed by atoms with Crippen LogP contribution in [-0.4, -0.2) is 31.0 Å². The Labute approximate surface area is 183 Å². The van der Waals surface area contributed by atoms with Gasteiger partial charge in [-0.05, 0) is 43.7 Å². The Morgan fingerprint density at radius 1 is 1.29 bits per heavy atom. The molecule has 11 heteroatoms. The summed E-state index contributed by atoms with van der Waals surface area (Å²) in [5.41, 5.74) is 0.774. The van der Waals surface area contributed by atoms with Crippen molar-refractivity contribution in [2.24, 2.45) is 0 Å². The van der Waals surface area contributed by atoms with Crippen molar-refractivity contribution >= 4 is 39.1 Å². The first-order valence-corrected chi connectivity index (χ1v) is 11.3. The molecule has 0 aliphatic rings. The molecule has 2 N–H and O–H groups in total. The fourth-order valence-corrected chi connectivity index (χ4v) is 4.06. The molecule has 0 saturated heterocycles. The molecule has 1 amide bonds. The molecule has 0 aliphatic carbocycles. The molecule has 3 aromatic rings. The van der Waals surface area contributed by atoms with Crippen LogP contribution in [0.2, 0.25) is 5.02 Å². The Balaban J connectivity index is 2.11. The number of nitrogens with one attached hydrogen (secondary N) is 1. The highest BCUT2D eigenvalue weighted by Gasteiger charge is 2.32. The molecule has 0 spiro atoms. The van der Waals surface area contributed by atoms with Crippen molar-refractivity contribution in [1.29, 1.82) is 0 Å². The lowest BCUT2D eigenvalue weighted by Crippen LogP contribution is -2.33. The molecule has 0 bridgehead atoms. The van der Waals surface area contributed by atoms with Gasteiger partial charge in [-0.25, -0.2) is 17.6 Å². The normalized spacial score (nSPS) is 12.4. The number of halogens is 2. The lowest BCUT2D eigenvalue weighted by Gasteiger charge is -2.27. The van der Waals surface area contributed by atoms with Gasteiger partial charge in [-0.2, -0.15) is 0 Å². The molecule has 0 radical (unpaired) electrons. The van der Waals surface area contributed by atoms with E-state index >= 15 is 0 Å². The minimum Gasteiger partial charge on any atom is -0.465 e. The summed E-state index contributed by atoms with van der Waals surface area (Å²) in [6.45, 7) is 3.18. The van der Waals surface area contributed by atoms with Crippen molar-refractivity contribution in [3.63, 3.8) is 0 Å². The van der Waals surface area contributed by atoms with E-state index in [0.29, 0.717) is 10.6 Å². The van der Waals surface area contributed by atoms with Crippen LogP contribution in [0.15, 0.2) is 47.0 Å². The highest BCUT2D eigenvalue weighted by Crippen LogP contribution is 2.40.